The van der Waals surface area contributed by atoms with Gasteiger partial charge in [-0.15, -0.1) is 0 Å². The predicted molar refractivity (Wildman–Crippen MR) is 98.0 cm³/mol. The Morgan fingerprint density at radius 2 is 2.04 bits per heavy atom. The number of carbonyl (C=O) groups excluding carboxylic acids is 1. The Morgan fingerprint density at radius 3 is 2.68 bits per heavy atom. The molecule has 1 aromatic heterocycles. The summed E-state index contributed by atoms with van der Waals surface area (Å²) in [6.07, 6.45) is -2.74. The predicted octanol–water partition coefficient (Wildman–Crippen LogP) is -1.24. The van der Waals surface area contributed by atoms with Crippen molar-refractivity contribution in [3.05, 3.63) is 20.8 Å². The van der Waals surface area contributed by atoms with Crippen molar-refractivity contribution in [2.24, 2.45) is 0 Å². The van der Waals surface area contributed by atoms with E-state index in [1.54, 1.807) is 6.92 Å². The van der Waals surface area contributed by atoms with E-state index in [1.165, 1.54) is 0 Å². The number of esters is 1. The molecular weight excluding hydrogens is 394 g/mol. The van der Waals surface area contributed by atoms with Crippen molar-refractivity contribution >= 4 is 17.7 Å². The largest absolute Gasteiger partial charge is 0.466 e. The first kappa shape index (κ1) is 22.6. The van der Waals surface area contributed by atoms with Crippen molar-refractivity contribution in [3.8, 4) is 0 Å². The number of aliphatic hydroxyl groups excluding tert-OH is 3. The van der Waals surface area contributed by atoms with E-state index in [9.17, 15) is 24.6 Å². The molecule has 1 aromatic rings. The number of ether oxygens (including phenoxy) is 2. The smallest absolute Gasteiger partial charge is 0.347 e. The lowest BCUT2D eigenvalue weighted by Gasteiger charge is -2.16. The van der Waals surface area contributed by atoms with Crippen LogP contribution in [0.4, 0.5) is 0 Å². The molecule has 4 N–H and O–H groups in total. The molecule has 0 amide bonds. The molecule has 0 unspecified atom stereocenters. The maximum Gasteiger partial charge on any atom is 0.347 e. The summed E-state index contributed by atoms with van der Waals surface area (Å²) in [6.45, 7) is 1.56. The topological polar surface area (TPSA) is 164 Å². The van der Waals surface area contributed by atoms with Gasteiger partial charge in [-0.3, -0.25) is 14.6 Å². The maximum atomic E-state index is 12.0. The van der Waals surface area contributed by atoms with E-state index < -0.39 is 42.4 Å². The van der Waals surface area contributed by atoms with Crippen LogP contribution in [0.2, 0.25) is 0 Å². The summed E-state index contributed by atoms with van der Waals surface area (Å²) in [6, 6.07) is 0. The number of thioether (sulfide) groups is 1. The Labute approximate surface area is 164 Å². The number of rotatable bonds is 10. The second kappa shape index (κ2) is 10.7. The van der Waals surface area contributed by atoms with Crippen molar-refractivity contribution in [2.45, 2.75) is 62.2 Å². The van der Waals surface area contributed by atoms with Crippen molar-refractivity contribution < 1.29 is 29.6 Å². The number of unbranched alkanes of at least 4 members (excludes halogenated alkanes) is 2. The van der Waals surface area contributed by atoms with Gasteiger partial charge >= 0.3 is 11.7 Å². The molecule has 4 atom stereocenters. The van der Waals surface area contributed by atoms with Gasteiger partial charge in [0.1, 0.15) is 18.3 Å². The third-order valence-electron chi connectivity index (χ3n) is 4.15. The molecule has 28 heavy (non-hydrogen) atoms. The first-order chi connectivity index (χ1) is 13.4. The van der Waals surface area contributed by atoms with Crippen LogP contribution in [0.25, 0.3) is 0 Å². The minimum atomic E-state index is -1.48. The zero-order chi connectivity index (χ0) is 20.7. The quantitative estimate of drug-likeness (QED) is 0.205. The van der Waals surface area contributed by atoms with Gasteiger partial charge in [0.15, 0.2) is 11.3 Å². The summed E-state index contributed by atoms with van der Waals surface area (Å²) >= 11 is 1.13. The van der Waals surface area contributed by atoms with Crippen LogP contribution in [0.3, 0.4) is 0 Å². The van der Waals surface area contributed by atoms with E-state index >= 15 is 0 Å². The van der Waals surface area contributed by atoms with Crippen LogP contribution in [0.15, 0.2) is 14.6 Å². The molecule has 1 fully saturated rings. The van der Waals surface area contributed by atoms with Gasteiger partial charge in [0.05, 0.1) is 13.2 Å². The first-order valence-corrected chi connectivity index (χ1v) is 10.0. The summed E-state index contributed by atoms with van der Waals surface area (Å²) in [7, 11) is 0. The van der Waals surface area contributed by atoms with E-state index in [2.05, 4.69) is 10.1 Å². The van der Waals surface area contributed by atoms with Gasteiger partial charge in [-0.1, -0.05) is 18.2 Å². The average Bonchev–Trinajstić information content (AvgIpc) is 2.94. The fourth-order valence-electron chi connectivity index (χ4n) is 2.70. The number of nitrogens with one attached hydrogen (secondary N) is 1. The van der Waals surface area contributed by atoms with Crippen LogP contribution in [-0.4, -0.2) is 73.3 Å². The Kier molecular flexibility index (Phi) is 8.63. The Hall–Kier alpha value is -1.73. The van der Waals surface area contributed by atoms with Crippen molar-refractivity contribution in [2.75, 3.05) is 19.0 Å². The van der Waals surface area contributed by atoms with Gasteiger partial charge in [-0.25, -0.2) is 4.79 Å². The van der Waals surface area contributed by atoms with E-state index in [1.807, 2.05) is 0 Å². The second-order valence-electron chi connectivity index (χ2n) is 6.20. The zero-order valence-electron chi connectivity index (χ0n) is 15.4. The number of nitrogens with zero attached hydrogens (tertiary/aromatic N) is 2. The van der Waals surface area contributed by atoms with Crippen LogP contribution < -0.4 is 11.2 Å². The lowest BCUT2D eigenvalue weighted by Crippen LogP contribution is -2.40. The van der Waals surface area contributed by atoms with E-state index in [0.717, 1.165) is 29.3 Å². The second-order valence-corrected chi connectivity index (χ2v) is 7.29. The fourth-order valence-corrected chi connectivity index (χ4v) is 3.57. The lowest BCUT2D eigenvalue weighted by atomic mass is 10.1. The van der Waals surface area contributed by atoms with Crippen LogP contribution in [0, 0.1) is 0 Å². The zero-order valence-corrected chi connectivity index (χ0v) is 16.3. The molecule has 0 radical (unpaired) electrons. The fraction of sp³-hybridized carbons (Fsp3) is 0.750. The molecule has 0 aromatic carbocycles. The number of aromatic nitrogens is 3. The molecule has 2 heterocycles. The molecule has 0 spiro atoms. The third-order valence-corrected chi connectivity index (χ3v) is 5.18. The molecule has 0 bridgehead atoms. The molecule has 1 aliphatic rings. The van der Waals surface area contributed by atoms with Crippen LogP contribution in [0.5, 0.6) is 0 Å². The molecule has 0 saturated carbocycles. The molecule has 11 nitrogen and oxygen atoms in total. The highest BCUT2D eigenvalue weighted by Crippen LogP contribution is 2.27. The molecular formula is C16H25N3O8S. The first-order valence-electron chi connectivity index (χ1n) is 9.03. The third kappa shape index (κ3) is 5.64. The summed E-state index contributed by atoms with van der Waals surface area (Å²) in [5, 5.41) is 33.0. The van der Waals surface area contributed by atoms with Crippen molar-refractivity contribution in [1.82, 2.24) is 14.8 Å². The number of carbonyl (C=O) groups is 1. The van der Waals surface area contributed by atoms with Crippen LogP contribution >= 0.6 is 11.8 Å². The number of aliphatic hydroxyl groups is 3. The van der Waals surface area contributed by atoms with Crippen LogP contribution in [-0.2, 0) is 14.3 Å². The van der Waals surface area contributed by atoms with E-state index in [-0.39, 0.29) is 11.0 Å². The highest BCUT2D eigenvalue weighted by atomic mass is 32.2. The molecule has 158 valence electrons. The van der Waals surface area contributed by atoms with E-state index in [0.29, 0.717) is 25.2 Å². The van der Waals surface area contributed by atoms with Gasteiger partial charge in [0.25, 0.3) is 5.56 Å². The number of hydrogen-bond donors (Lipinski definition) is 4. The minimum absolute atomic E-state index is 0.0164. The van der Waals surface area contributed by atoms with Gasteiger partial charge in [0.2, 0.25) is 0 Å². The number of H-pyrrole nitrogens is 1. The van der Waals surface area contributed by atoms with Gasteiger partial charge in [-0.05, 0) is 25.5 Å². The maximum absolute atomic E-state index is 12.0. The number of hydrogen-bond acceptors (Lipinski definition) is 10. The highest BCUT2D eigenvalue weighted by Gasteiger charge is 2.44. The summed E-state index contributed by atoms with van der Waals surface area (Å²) in [5.41, 5.74) is -1.55. The van der Waals surface area contributed by atoms with Crippen LogP contribution in [0.1, 0.15) is 38.8 Å². The molecule has 0 aliphatic carbocycles. The normalized spacial score (nSPS) is 24.4. The Bertz CT molecular complexity index is 767. The standard InChI is InChI=1S/C16H25N3O8S/c1-2-26-10(21)6-4-3-5-7-28-14-13(24)17-16(25)19(18-14)15-12(23)11(22)9(8-20)27-15/h9,11-12,15,20,22-23H,2-8H2,1H3,(H,17,24,25)/t9-,11-,12-,15-/m1/s1. The van der Waals surface area contributed by atoms with Gasteiger partial charge < -0.3 is 24.8 Å². The minimum Gasteiger partial charge on any atom is -0.466 e. The Morgan fingerprint density at radius 1 is 1.29 bits per heavy atom. The SMILES string of the molecule is CCOC(=O)CCCCCSc1nn([C@@H]2O[C@H](CO)[C@@H](O)[C@H]2O)c(=O)[nH]c1=O. The molecule has 1 aliphatic heterocycles. The number of aromatic amines is 1. The summed E-state index contributed by atoms with van der Waals surface area (Å²) in [4.78, 5) is 37.3. The van der Waals surface area contributed by atoms with Gasteiger partial charge in [0, 0.05) is 6.42 Å². The average molecular weight is 419 g/mol. The summed E-state index contributed by atoms with van der Waals surface area (Å²) in [5.74, 6) is 0.298. The van der Waals surface area contributed by atoms with Crippen molar-refractivity contribution in [1.29, 1.82) is 0 Å². The summed E-state index contributed by atoms with van der Waals surface area (Å²) < 4.78 is 10.9. The van der Waals surface area contributed by atoms with Crippen molar-refractivity contribution in [3.63, 3.8) is 0 Å². The molecule has 12 heteroatoms. The molecule has 1 saturated heterocycles. The Balaban J connectivity index is 1.94. The lowest BCUT2D eigenvalue weighted by molar-refractivity contribution is -0.143. The molecule has 2 rings (SSSR count). The van der Waals surface area contributed by atoms with E-state index in [4.69, 9.17) is 14.6 Å². The highest BCUT2D eigenvalue weighted by molar-refractivity contribution is 7.99. The monoisotopic (exact) mass is 419 g/mol. The van der Waals surface area contributed by atoms with Gasteiger partial charge in [-0.2, -0.15) is 9.78 Å².